The SMILES string of the molecule is O=C(O)c1cc2c(OC(F)(F)F)nccc2[nH]1. The van der Waals surface area contributed by atoms with Crippen LogP contribution in [0.15, 0.2) is 18.3 Å². The summed E-state index contributed by atoms with van der Waals surface area (Å²) in [6.07, 6.45) is -3.78. The summed E-state index contributed by atoms with van der Waals surface area (Å²) in [5.74, 6) is -1.96. The summed E-state index contributed by atoms with van der Waals surface area (Å²) >= 11 is 0. The third-order valence-corrected chi connectivity index (χ3v) is 1.95. The van der Waals surface area contributed by atoms with Crippen LogP contribution >= 0.6 is 0 Å². The van der Waals surface area contributed by atoms with Crippen molar-refractivity contribution >= 4 is 16.9 Å². The van der Waals surface area contributed by atoms with Crippen molar-refractivity contribution in [3.8, 4) is 5.88 Å². The van der Waals surface area contributed by atoms with Gasteiger partial charge in [-0.2, -0.15) is 0 Å². The maximum absolute atomic E-state index is 12.0. The van der Waals surface area contributed by atoms with Crippen molar-refractivity contribution in [2.45, 2.75) is 6.36 Å². The highest BCUT2D eigenvalue weighted by Gasteiger charge is 2.32. The summed E-state index contributed by atoms with van der Waals surface area (Å²) < 4.78 is 39.8. The number of aromatic nitrogens is 2. The van der Waals surface area contributed by atoms with Gasteiger partial charge < -0.3 is 14.8 Å². The molecule has 0 saturated heterocycles. The van der Waals surface area contributed by atoms with Gasteiger partial charge in [0.2, 0.25) is 5.88 Å². The highest BCUT2D eigenvalue weighted by molar-refractivity contribution is 5.95. The van der Waals surface area contributed by atoms with Crippen molar-refractivity contribution in [3.05, 3.63) is 24.0 Å². The van der Waals surface area contributed by atoms with Crippen LogP contribution in [0, 0.1) is 0 Å². The van der Waals surface area contributed by atoms with Crippen molar-refractivity contribution in [1.82, 2.24) is 9.97 Å². The highest BCUT2D eigenvalue weighted by Crippen LogP contribution is 2.28. The highest BCUT2D eigenvalue weighted by atomic mass is 19.4. The molecule has 0 aliphatic rings. The van der Waals surface area contributed by atoms with Crippen LogP contribution in [-0.2, 0) is 0 Å². The normalized spacial score (nSPS) is 11.7. The zero-order valence-electron chi connectivity index (χ0n) is 8.08. The van der Waals surface area contributed by atoms with Gasteiger partial charge in [0.05, 0.1) is 10.9 Å². The molecule has 0 saturated carbocycles. The molecule has 0 aromatic carbocycles. The van der Waals surface area contributed by atoms with Crippen LogP contribution in [-0.4, -0.2) is 27.4 Å². The monoisotopic (exact) mass is 246 g/mol. The van der Waals surface area contributed by atoms with Crippen LogP contribution < -0.4 is 4.74 Å². The first kappa shape index (κ1) is 11.2. The number of alkyl halides is 3. The molecule has 0 amide bonds. The van der Waals surface area contributed by atoms with E-state index in [2.05, 4.69) is 14.7 Å². The van der Waals surface area contributed by atoms with Crippen molar-refractivity contribution in [2.75, 3.05) is 0 Å². The molecule has 0 radical (unpaired) electrons. The molecule has 2 aromatic rings. The number of aromatic carboxylic acids is 1. The van der Waals surface area contributed by atoms with Crippen LogP contribution in [0.5, 0.6) is 5.88 Å². The molecule has 90 valence electrons. The number of carboxylic acids is 1. The number of pyridine rings is 1. The van der Waals surface area contributed by atoms with Gasteiger partial charge in [0.25, 0.3) is 0 Å². The number of halogens is 3. The summed E-state index contributed by atoms with van der Waals surface area (Å²) in [6, 6.07) is 2.39. The molecule has 2 aromatic heterocycles. The molecular weight excluding hydrogens is 241 g/mol. The molecule has 17 heavy (non-hydrogen) atoms. The predicted octanol–water partition coefficient (Wildman–Crippen LogP) is 2.16. The van der Waals surface area contributed by atoms with Crippen molar-refractivity contribution < 1.29 is 27.8 Å². The number of hydrogen-bond acceptors (Lipinski definition) is 3. The molecule has 0 unspecified atom stereocenters. The molecule has 2 N–H and O–H groups in total. The second-order valence-electron chi connectivity index (χ2n) is 3.11. The van der Waals surface area contributed by atoms with Gasteiger partial charge >= 0.3 is 12.3 Å². The van der Waals surface area contributed by atoms with E-state index in [4.69, 9.17) is 5.11 Å². The largest absolute Gasteiger partial charge is 0.574 e. The molecule has 0 atom stereocenters. The molecule has 0 fully saturated rings. The molecule has 0 spiro atoms. The van der Waals surface area contributed by atoms with Gasteiger partial charge in [-0.05, 0) is 12.1 Å². The van der Waals surface area contributed by atoms with Crippen molar-refractivity contribution in [1.29, 1.82) is 0 Å². The fraction of sp³-hybridized carbons (Fsp3) is 0.111. The molecular formula is C9H5F3N2O3. The standard InChI is InChI=1S/C9H5F3N2O3/c10-9(11,12)17-7-4-3-6(8(15)16)14-5(4)1-2-13-7/h1-3,14H,(H,15,16). The fourth-order valence-corrected chi connectivity index (χ4v) is 1.33. The molecule has 0 bridgehead atoms. The number of ether oxygens (including phenoxy) is 1. The first-order chi connectivity index (χ1) is 7.87. The van der Waals surface area contributed by atoms with Gasteiger partial charge in [-0.3, -0.25) is 0 Å². The Kier molecular flexibility index (Phi) is 2.41. The fourth-order valence-electron chi connectivity index (χ4n) is 1.33. The van der Waals surface area contributed by atoms with E-state index < -0.39 is 18.2 Å². The first-order valence-electron chi connectivity index (χ1n) is 4.33. The number of nitrogens with zero attached hydrogens (tertiary/aromatic N) is 1. The van der Waals surface area contributed by atoms with E-state index in [1.165, 1.54) is 6.07 Å². The van der Waals surface area contributed by atoms with Gasteiger partial charge in [0.1, 0.15) is 5.69 Å². The lowest BCUT2D eigenvalue weighted by Crippen LogP contribution is -2.17. The molecule has 8 heteroatoms. The first-order valence-corrected chi connectivity index (χ1v) is 4.33. The molecule has 0 aliphatic heterocycles. The van der Waals surface area contributed by atoms with E-state index >= 15 is 0 Å². The van der Waals surface area contributed by atoms with Crippen LogP contribution in [0.3, 0.4) is 0 Å². The van der Waals surface area contributed by atoms with E-state index in [9.17, 15) is 18.0 Å². The Balaban J connectivity index is 2.53. The lowest BCUT2D eigenvalue weighted by molar-refractivity contribution is -0.275. The zero-order valence-corrected chi connectivity index (χ0v) is 8.08. The molecule has 2 heterocycles. The lowest BCUT2D eigenvalue weighted by atomic mass is 10.3. The van der Waals surface area contributed by atoms with E-state index in [0.29, 0.717) is 0 Å². The van der Waals surface area contributed by atoms with E-state index in [1.807, 2.05) is 0 Å². The molecule has 0 aliphatic carbocycles. The average Bonchev–Trinajstić information content (AvgIpc) is 2.60. The van der Waals surface area contributed by atoms with Gasteiger partial charge in [-0.25, -0.2) is 9.78 Å². The van der Waals surface area contributed by atoms with Crippen LogP contribution in [0.25, 0.3) is 10.9 Å². The van der Waals surface area contributed by atoms with Gasteiger partial charge in [-0.1, -0.05) is 0 Å². The van der Waals surface area contributed by atoms with Gasteiger partial charge in [-0.15, -0.1) is 13.2 Å². The topological polar surface area (TPSA) is 75.2 Å². The average molecular weight is 246 g/mol. The Morgan fingerprint density at radius 3 is 2.76 bits per heavy atom. The van der Waals surface area contributed by atoms with E-state index in [0.717, 1.165) is 12.3 Å². The number of aromatic amines is 1. The minimum Gasteiger partial charge on any atom is -0.477 e. The Morgan fingerprint density at radius 1 is 1.47 bits per heavy atom. The number of hydrogen-bond donors (Lipinski definition) is 2. The zero-order chi connectivity index (χ0) is 12.6. The number of rotatable bonds is 2. The number of H-pyrrole nitrogens is 1. The summed E-state index contributed by atoms with van der Waals surface area (Å²) in [6.45, 7) is 0. The van der Waals surface area contributed by atoms with Crippen molar-refractivity contribution in [2.24, 2.45) is 0 Å². The van der Waals surface area contributed by atoms with E-state index in [1.54, 1.807) is 0 Å². The second kappa shape index (κ2) is 3.65. The van der Waals surface area contributed by atoms with Crippen LogP contribution in [0.2, 0.25) is 0 Å². The summed E-state index contributed by atoms with van der Waals surface area (Å²) in [4.78, 5) is 16.5. The summed E-state index contributed by atoms with van der Waals surface area (Å²) in [5, 5.41) is 8.66. The summed E-state index contributed by atoms with van der Waals surface area (Å²) in [7, 11) is 0. The number of carbonyl (C=O) groups is 1. The number of carboxylic acid groups (broad SMARTS) is 1. The predicted molar refractivity (Wildman–Crippen MR) is 49.7 cm³/mol. The Bertz CT molecular complexity index is 576. The third-order valence-electron chi connectivity index (χ3n) is 1.95. The number of fused-ring (bicyclic) bond motifs is 1. The second-order valence-corrected chi connectivity index (χ2v) is 3.11. The molecule has 5 nitrogen and oxygen atoms in total. The van der Waals surface area contributed by atoms with E-state index in [-0.39, 0.29) is 16.6 Å². The minimum absolute atomic E-state index is 0.0396. The Labute approximate surface area is 91.8 Å². The minimum atomic E-state index is -4.87. The van der Waals surface area contributed by atoms with Crippen LogP contribution in [0.1, 0.15) is 10.5 Å². The van der Waals surface area contributed by atoms with Crippen molar-refractivity contribution in [3.63, 3.8) is 0 Å². The quantitative estimate of drug-likeness (QED) is 0.851. The maximum atomic E-state index is 12.0. The summed E-state index contributed by atoms with van der Waals surface area (Å²) in [5.41, 5.74) is -0.0309. The lowest BCUT2D eigenvalue weighted by Gasteiger charge is -2.07. The maximum Gasteiger partial charge on any atom is 0.574 e. The third kappa shape index (κ3) is 2.30. The molecule has 2 rings (SSSR count). The Morgan fingerprint density at radius 2 is 2.18 bits per heavy atom. The van der Waals surface area contributed by atoms with Crippen LogP contribution in [0.4, 0.5) is 13.2 Å². The smallest absolute Gasteiger partial charge is 0.477 e. The Hall–Kier alpha value is -2.25. The van der Waals surface area contributed by atoms with Gasteiger partial charge in [0, 0.05) is 6.20 Å². The van der Waals surface area contributed by atoms with Gasteiger partial charge in [0.15, 0.2) is 0 Å². The number of nitrogens with one attached hydrogen (secondary N) is 1.